The maximum absolute atomic E-state index is 12.6. The van der Waals surface area contributed by atoms with Gasteiger partial charge in [0.15, 0.2) is 12.0 Å². The Morgan fingerprint density at radius 1 is 1.17 bits per heavy atom. The van der Waals surface area contributed by atoms with Crippen molar-refractivity contribution in [3.05, 3.63) is 81.2 Å². The van der Waals surface area contributed by atoms with Crippen molar-refractivity contribution in [3.63, 3.8) is 0 Å². The molecule has 0 fully saturated rings. The molecule has 0 radical (unpaired) electrons. The number of fused-ring (bicyclic) bond motifs is 3. The molecule has 0 bridgehead atoms. The number of amides is 1. The summed E-state index contributed by atoms with van der Waals surface area (Å²) < 4.78 is 3.96. The Bertz CT molecular complexity index is 1390. The van der Waals surface area contributed by atoms with Crippen molar-refractivity contribution in [2.45, 2.75) is 33.5 Å². The number of nitrogens with one attached hydrogen (secondary N) is 2. The predicted octanol–water partition coefficient (Wildman–Crippen LogP) is 3.36. The fourth-order valence-electron chi connectivity index (χ4n) is 4.06. The van der Waals surface area contributed by atoms with E-state index >= 15 is 0 Å². The SMILES string of the molecule is Cc1sc2c(c1C)C(c1ccc(Cl)cc1)=NC(NCC(=O)NCCn1ccnc1)c1nnc(C)n1-2. The second kappa shape index (κ2) is 9.73. The Morgan fingerprint density at radius 3 is 2.71 bits per heavy atom. The zero-order valence-electron chi connectivity index (χ0n) is 19.6. The second-order valence-corrected chi connectivity index (χ2v) is 9.96. The number of aliphatic imine (C=N–C) groups is 1. The van der Waals surface area contributed by atoms with E-state index in [-0.39, 0.29) is 12.5 Å². The molecule has 180 valence electrons. The van der Waals surface area contributed by atoms with Crippen molar-refractivity contribution in [2.24, 2.45) is 4.99 Å². The highest BCUT2D eigenvalue weighted by atomic mass is 35.5. The van der Waals surface area contributed by atoms with Gasteiger partial charge in [0.25, 0.3) is 0 Å². The molecule has 3 aromatic heterocycles. The Morgan fingerprint density at radius 2 is 1.97 bits per heavy atom. The molecule has 1 aromatic carbocycles. The molecule has 1 atom stereocenters. The largest absolute Gasteiger partial charge is 0.353 e. The number of imidazole rings is 1. The highest BCUT2D eigenvalue weighted by Crippen LogP contribution is 2.38. The first-order valence-electron chi connectivity index (χ1n) is 11.2. The van der Waals surface area contributed by atoms with Gasteiger partial charge >= 0.3 is 0 Å². The Balaban J connectivity index is 1.45. The average Bonchev–Trinajstić information content (AvgIpc) is 3.54. The number of benzene rings is 1. The normalized spacial score (nSPS) is 14.7. The van der Waals surface area contributed by atoms with Crippen LogP contribution in [0.1, 0.15) is 39.4 Å². The number of hydrogen-bond acceptors (Lipinski definition) is 7. The molecule has 2 N–H and O–H groups in total. The molecule has 11 heteroatoms. The number of thiophene rings is 1. The van der Waals surface area contributed by atoms with Crippen LogP contribution in [-0.2, 0) is 11.3 Å². The maximum atomic E-state index is 12.6. The van der Waals surface area contributed by atoms with Crippen molar-refractivity contribution in [3.8, 4) is 5.00 Å². The van der Waals surface area contributed by atoms with Crippen LogP contribution >= 0.6 is 22.9 Å². The lowest BCUT2D eigenvalue weighted by Gasteiger charge is -2.15. The van der Waals surface area contributed by atoms with Crippen molar-refractivity contribution < 1.29 is 4.79 Å². The fourth-order valence-corrected chi connectivity index (χ4v) is 5.40. The van der Waals surface area contributed by atoms with E-state index in [4.69, 9.17) is 16.6 Å². The van der Waals surface area contributed by atoms with Crippen LogP contribution in [0.25, 0.3) is 5.00 Å². The van der Waals surface area contributed by atoms with Crippen LogP contribution in [0.3, 0.4) is 0 Å². The third-order valence-electron chi connectivity index (χ3n) is 5.98. The maximum Gasteiger partial charge on any atom is 0.234 e. The highest BCUT2D eigenvalue weighted by Gasteiger charge is 2.31. The lowest BCUT2D eigenvalue weighted by molar-refractivity contribution is -0.120. The molecular weight excluding hydrogens is 484 g/mol. The van der Waals surface area contributed by atoms with Crippen LogP contribution in [0.4, 0.5) is 0 Å². The first-order chi connectivity index (χ1) is 16.9. The summed E-state index contributed by atoms with van der Waals surface area (Å²) in [7, 11) is 0. The molecule has 1 amide bonds. The fraction of sp³-hybridized carbons (Fsp3) is 0.292. The molecule has 0 saturated heterocycles. The van der Waals surface area contributed by atoms with E-state index < -0.39 is 6.17 Å². The van der Waals surface area contributed by atoms with E-state index in [9.17, 15) is 4.79 Å². The third-order valence-corrected chi connectivity index (χ3v) is 7.43. The minimum Gasteiger partial charge on any atom is -0.353 e. The molecule has 5 rings (SSSR count). The molecule has 0 saturated carbocycles. The molecule has 9 nitrogen and oxygen atoms in total. The van der Waals surface area contributed by atoms with E-state index in [2.05, 4.69) is 39.7 Å². The minimum absolute atomic E-state index is 0.0869. The van der Waals surface area contributed by atoms with Gasteiger partial charge in [0.1, 0.15) is 10.8 Å². The molecule has 4 heterocycles. The van der Waals surface area contributed by atoms with E-state index in [0.29, 0.717) is 23.9 Å². The molecule has 0 aliphatic carbocycles. The van der Waals surface area contributed by atoms with E-state index in [0.717, 1.165) is 33.2 Å². The van der Waals surface area contributed by atoms with Crippen molar-refractivity contribution >= 4 is 34.6 Å². The lowest BCUT2D eigenvalue weighted by atomic mass is 10.00. The van der Waals surface area contributed by atoms with Gasteiger partial charge in [-0.15, -0.1) is 21.5 Å². The Kier molecular flexibility index (Phi) is 6.50. The molecule has 4 aromatic rings. The minimum atomic E-state index is -0.555. The van der Waals surface area contributed by atoms with Crippen molar-refractivity contribution in [1.82, 2.24) is 34.9 Å². The summed E-state index contributed by atoms with van der Waals surface area (Å²) >= 11 is 7.85. The Labute approximate surface area is 211 Å². The van der Waals surface area contributed by atoms with Gasteiger partial charge in [0.05, 0.1) is 18.6 Å². The summed E-state index contributed by atoms with van der Waals surface area (Å²) in [5, 5.41) is 16.7. The number of aromatic nitrogens is 5. The number of carbonyl (C=O) groups is 1. The van der Waals surface area contributed by atoms with Crippen LogP contribution in [0.5, 0.6) is 0 Å². The average molecular weight is 509 g/mol. The van der Waals surface area contributed by atoms with E-state index in [1.54, 1.807) is 23.9 Å². The van der Waals surface area contributed by atoms with Gasteiger partial charge in [0, 0.05) is 46.5 Å². The topological polar surface area (TPSA) is 102 Å². The van der Waals surface area contributed by atoms with Gasteiger partial charge in [-0.1, -0.05) is 23.7 Å². The molecular formula is C24H25ClN8OS. The number of nitrogens with zero attached hydrogens (tertiary/aromatic N) is 6. The van der Waals surface area contributed by atoms with Crippen molar-refractivity contribution in [2.75, 3.05) is 13.1 Å². The number of hydrogen-bond donors (Lipinski definition) is 2. The Hall–Kier alpha value is -3.34. The standard InChI is InChI=1S/C24H25ClN8OS/c1-14-15(2)35-24-20(14)21(17-4-6-18(25)7-5-17)29-22(23-31-30-16(3)33(23)24)28-12-19(34)27-9-11-32-10-8-26-13-32/h4-8,10,13,22,28H,9,11-12H2,1-3H3,(H,27,34). The predicted molar refractivity (Wildman–Crippen MR) is 137 cm³/mol. The molecule has 1 aliphatic rings. The first-order valence-corrected chi connectivity index (χ1v) is 12.4. The third kappa shape index (κ3) is 4.64. The van der Waals surface area contributed by atoms with Crippen LogP contribution in [0.15, 0.2) is 48.0 Å². The molecule has 0 spiro atoms. The van der Waals surface area contributed by atoms with Crippen LogP contribution in [0.2, 0.25) is 5.02 Å². The van der Waals surface area contributed by atoms with Gasteiger partial charge in [0.2, 0.25) is 5.91 Å². The zero-order chi connectivity index (χ0) is 24.5. The summed E-state index contributed by atoms with van der Waals surface area (Å²) in [6, 6.07) is 7.66. The summed E-state index contributed by atoms with van der Waals surface area (Å²) in [4.78, 5) is 22.9. The van der Waals surface area contributed by atoms with Gasteiger partial charge < -0.3 is 9.88 Å². The van der Waals surface area contributed by atoms with Crippen molar-refractivity contribution in [1.29, 1.82) is 0 Å². The molecule has 1 unspecified atom stereocenters. The van der Waals surface area contributed by atoms with Gasteiger partial charge in [-0.3, -0.25) is 19.7 Å². The smallest absolute Gasteiger partial charge is 0.234 e. The molecule has 1 aliphatic heterocycles. The summed E-state index contributed by atoms with van der Waals surface area (Å²) in [6.45, 7) is 7.39. The second-order valence-electron chi connectivity index (χ2n) is 8.32. The van der Waals surface area contributed by atoms with Crippen LogP contribution < -0.4 is 10.6 Å². The monoisotopic (exact) mass is 508 g/mol. The van der Waals surface area contributed by atoms with Gasteiger partial charge in [-0.2, -0.15) is 0 Å². The van der Waals surface area contributed by atoms with E-state index in [1.165, 1.54) is 4.88 Å². The van der Waals surface area contributed by atoms with E-state index in [1.807, 2.05) is 46.5 Å². The summed E-state index contributed by atoms with van der Waals surface area (Å²) in [6.07, 6.45) is 4.74. The first kappa shape index (κ1) is 23.4. The number of aryl methyl sites for hydroxylation is 2. The summed E-state index contributed by atoms with van der Waals surface area (Å²) in [5.41, 5.74) is 4.00. The number of halogens is 1. The highest BCUT2D eigenvalue weighted by molar-refractivity contribution is 7.15. The summed E-state index contributed by atoms with van der Waals surface area (Å²) in [5.74, 6) is 1.30. The quantitative estimate of drug-likeness (QED) is 0.398. The lowest BCUT2D eigenvalue weighted by Crippen LogP contribution is -2.37. The van der Waals surface area contributed by atoms with Gasteiger partial charge in [-0.25, -0.2) is 4.98 Å². The van der Waals surface area contributed by atoms with Crippen LogP contribution in [0, 0.1) is 20.8 Å². The molecule has 35 heavy (non-hydrogen) atoms. The number of carbonyl (C=O) groups excluding carboxylic acids is 1. The van der Waals surface area contributed by atoms with Crippen LogP contribution in [-0.4, -0.2) is 49.0 Å². The zero-order valence-corrected chi connectivity index (χ0v) is 21.2. The number of rotatable bonds is 7. The van der Waals surface area contributed by atoms with Gasteiger partial charge in [-0.05, 0) is 38.5 Å².